The number of hydrogen-bond acceptors (Lipinski definition) is 3. The fourth-order valence-electron chi connectivity index (χ4n) is 1.70. The summed E-state index contributed by atoms with van der Waals surface area (Å²) in [4.78, 5) is -0.221. The van der Waals surface area contributed by atoms with Crippen LogP contribution in [0.5, 0.6) is 0 Å². The topological polar surface area (TPSA) is 57.2 Å². The molecule has 0 fully saturated rings. The van der Waals surface area contributed by atoms with Crippen molar-refractivity contribution in [2.24, 2.45) is 0 Å². The van der Waals surface area contributed by atoms with Gasteiger partial charge in [-0.25, -0.2) is 8.42 Å². The van der Waals surface area contributed by atoms with Crippen LogP contribution in [0.25, 0.3) is 16.8 Å². The van der Waals surface area contributed by atoms with E-state index in [0.29, 0.717) is 5.56 Å². The number of fused-ring (bicyclic) bond motifs is 1. The van der Waals surface area contributed by atoms with Crippen molar-refractivity contribution in [3.8, 4) is 0 Å². The zero-order chi connectivity index (χ0) is 11.8. The first kappa shape index (κ1) is 15.0. The first-order valence-corrected chi connectivity index (χ1v) is 6.05. The van der Waals surface area contributed by atoms with Gasteiger partial charge in [-0.1, -0.05) is 43.0 Å². The Morgan fingerprint density at radius 3 is 2.35 bits per heavy atom. The van der Waals surface area contributed by atoms with Crippen LogP contribution in [0.4, 0.5) is 0 Å². The zero-order valence-corrected chi connectivity index (χ0v) is 13.3. The van der Waals surface area contributed by atoms with Crippen LogP contribution in [0.2, 0.25) is 0 Å². The molecule has 0 saturated carbocycles. The molecule has 0 bridgehead atoms. The van der Waals surface area contributed by atoms with Gasteiger partial charge in [-0.15, -0.1) is 0 Å². The molecule has 2 rings (SSSR count). The standard InChI is InChI=1S/C12H10O3S.K/c1-2-10-11-6-4-3-5-9(11)7-8-12(10)16(13,14)15;/h2-8H,1H2,(H,13,14,15);/q;+1/p-1. The molecule has 0 unspecified atom stereocenters. The molecule has 0 aliphatic carbocycles. The summed E-state index contributed by atoms with van der Waals surface area (Å²) in [7, 11) is -4.46. The molecule has 17 heavy (non-hydrogen) atoms. The molecule has 3 nitrogen and oxygen atoms in total. The van der Waals surface area contributed by atoms with Gasteiger partial charge < -0.3 is 4.55 Å². The van der Waals surface area contributed by atoms with Crippen LogP contribution in [-0.4, -0.2) is 13.0 Å². The van der Waals surface area contributed by atoms with Gasteiger partial charge in [0.1, 0.15) is 10.1 Å². The second-order valence-corrected chi connectivity index (χ2v) is 4.70. The van der Waals surface area contributed by atoms with Crippen LogP contribution in [0.15, 0.2) is 47.9 Å². The van der Waals surface area contributed by atoms with Crippen molar-refractivity contribution < 1.29 is 64.4 Å². The van der Waals surface area contributed by atoms with Crippen molar-refractivity contribution in [1.29, 1.82) is 0 Å². The SMILES string of the molecule is C=Cc1c(S(=O)(=O)[O-])ccc2ccccc12.[K+]. The minimum atomic E-state index is -4.46. The molecule has 0 atom stereocenters. The van der Waals surface area contributed by atoms with Crippen LogP contribution in [0.3, 0.4) is 0 Å². The van der Waals surface area contributed by atoms with Gasteiger partial charge in [0.15, 0.2) is 0 Å². The molecular formula is C12H9KO3S. The van der Waals surface area contributed by atoms with Gasteiger partial charge in [-0.3, -0.25) is 0 Å². The third kappa shape index (κ3) is 3.06. The second-order valence-electron chi connectivity index (χ2n) is 3.36. The molecule has 82 valence electrons. The van der Waals surface area contributed by atoms with E-state index in [1.165, 1.54) is 12.1 Å². The maximum atomic E-state index is 11.1. The Labute approximate surface area is 143 Å². The van der Waals surface area contributed by atoms with Crippen LogP contribution in [-0.2, 0) is 10.1 Å². The van der Waals surface area contributed by atoms with Gasteiger partial charge in [-0.05, 0) is 22.4 Å². The van der Waals surface area contributed by atoms with Crippen molar-refractivity contribution in [3.05, 3.63) is 48.5 Å². The Morgan fingerprint density at radius 2 is 1.76 bits per heavy atom. The second kappa shape index (κ2) is 5.75. The fourth-order valence-corrected chi connectivity index (χ4v) is 2.40. The molecule has 0 N–H and O–H groups in total. The molecule has 0 aliphatic heterocycles. The Kier molecular flexibility index (Phi) is 5.09. The van der Waals surface area contributed by atoms with Gasteiger partial charge >= 0.3 is 51.4 Å². The Bertz CT molecular complexity index is 663. The maximum absolute atomic E-state index is 11.1. The predicted octanol–water partition coefficient (Wildman–Crippen LogP) is -0.609. The molecule has 0 aliphatic rings. The van der Waals surface area contributed by atoms with E-state index in [9.17, 15) is 13.0 Å². The molecule has 0 amide bonds. The Hall–Kier alpha value is -0.0136. The van der Waals surface area contributed by atoms with E-state index in [2.05, 4.69) is 6.58 Å². The summed E-state index contributed by atoms with van der Waals surface area (Å²) in [5.41, 5.74) is 0.369. The van der Waals surface area contributed by atoms with E-state index >= 15 is 0 Å². The largest absolute Gasteiger partial charge is 1.00 e. The summed E-state index contributed by atoms with van der Waals surface area (Å²) >= 11 is 0. The van der Waals surface area contributed by atoms with Gasteiger partial charge in [0.2, 0.25) is 0 Å². The molecule has 0 saturated heterocycles. The average Bonchev–Trinajstić information content (AvgIpc) is 2.26. The van der Waals surface area contributed by atoms with E-state index in [1.54, 1.807) is 18.2 Å². The molecule has 0 spiro atoms. The summed E-state index contributed by atoms with van der Waals surface area (Å²) < 4.78 is 33.2. The Morgan fingerprint density at radius 1 is 1.12 bits per heavy atom. The number of rotatable bonds is 2. The van der Waals surface area contributed by atoms with Crippen LogP contribution >= 0.6 is 0 Å². The van der Waals surface area contributed by atoms with Gasteiger partial charge in [0.05, 0.1) is 4.90 Å². The first-order chi connectivity index (χ1) is 7.54. The summed E-state index contributed by atoms with van der Waals surface area (Å²) in [6.45, 7) is 3.55. The summed E-state index contributed by atoms with van der Waals surface area (Å²) in [6.07, 6.45) is 1.40. The van der Waals surface area contributed by atoms with Gasteiger partial charge in [-0.2, -0.15) is 0 Å². The van der Waals surface area contributed by atoms with Crippen molar-refractivity contribution in [3.63, 3.8) is 0 Å². The Balaban J connectivity index is 0.00000144. The summed E-state index contributed by atoms with van der Waals surface area (Å²) in [5, 5.41) is 1.60. The van der Waals surface area contributed by atoms with Crippen molar-refractivity contribution in [1.82, 2.24) is 0 Å². The van der Waals surface area contributed by atoms with Gasteiger partial charge in [0, 0.05) is 0 Å². The monoisotopic (exact) mass is 272 g/mol. The zero-order valence-electron chi connectivity index (χ0n) is 9.38. The van der Waals surface area contributed by atoms with E-state index < -0.39 is 10.1 Å². The normalized spacial score (nSPS) is 10.9. The summed E-state index contributed by atoms with van der Waals surface area (Å²) in [6, 6.07) is 10.2. The molecule has 2 aromatic carbocycles. The molecule has 0 radical (unpaired) electrons. The third-order valence-corrected chi connectivity index (χ3v) is 3.30. The third-order valence-electron chi connectivity index (χ3n) is 2.40. The quantitative estimate of drug-likeness (QED) is 0.541. The van der Waals surface area contributed by atoms with Gasteiger partial charge in [0.25, 0.3) is 0 Å². The predicted molar refractivity (Wildman–Crippen MR) is 62.0 cm³/mol. The van der Waals surface area contributed by atoms with E-state index in [4.69, 9.17) is 0 Å². The minimum absolute atomic E-state index is 0. The number of benzene rings is 2. The van der Waals surface area contributed by atoms with Crippen molar-refractivity contribution >= 4 is 27.0 Å². The molecular weight excluding hydrogens is 263 g/mol. The number of hydrogen-bond donors (Lipinski definition) is 0. The molecule has 0 aromatic heterocycles. The van der Waals surface area contributed by atoms with E-state index in [0.717, 1.165) is 10.8 Å². The molecule has 2 aromatic rings. The first-order valence-electron chi connectivity index (χ1n) is 4.64. The van der Waals surface area contributed by atoms with Crippen LogP contribution in [0.1, 0.15) is 5.56 Å². The average molecular weight is 272 g/mol. The van der Waals surface area contributed by atoms with Crippen LogP contribution in [0, 0.1) is 0 Å². The maximum Gasteiger partial charge on any atom is 1.00 e. The summed E-state index contributed by atoms with van der Waals surface area (Å²) in [5.74, 6) is 0. The van der Waals surface area contributed by atoms with Crippen molar-refractivity contribution in [2.75, 3.05) is 0 Å². The fraction of sp³-hybridized carbons (Fsp3) is 0. The minimum Gasteiger partial charge on any atom is -0.744 e. The molecule has 0 heterocycles. The van der Waals surface area contributed by atoms with E-state index in [1.807, 2.05) is 12.1 Å². The van der Waals surface area contributed by atoms with E-state index in [-0.39, 0.29) is 56.3 Å². The van der Waals surface area contributed by atoms with Crippen LogP contribution < -0.4 is 51.4 Å². The van der Waals surface area contributed by atoms with Crippen molar-refractivity contribution in [2.45, 2.75) is 4.90 Å². The molecule has 5 heteroatoms. The smallest absolute Gasteiger partial charge is 0.744 e.